The Morgan fingerprint density at radius 2 is 2.00 bits per heavy atom. The monoisotopic (exact) mass is 405 g/mol. The Labute approximate surface area is 177 Å². The van der Waals surface area contributed by atoms with Gasteiger partial charge in [0.05, 0.1) is 6.04 Å². The van der Waals surface area contributed by atoms with Gasteiger partial charge < -0.3 is 15.0 Å². The topological polar surface area (TPSA) is 91.1 Å². The highest BCUT2D eigenvalue weighted by Gasteiger charge is 2.48. The van der Waals surface area contributed by atoms with Crippen molar-refractivity contribution in [3.63, 3.8) is 0 Å². The molecule has 1 atom stereocenters. The number of ether oxygens (including phenoxy) is 1. The maximum atomic E-state index is 12.6. The second-order valence-corrected chi connectivity index (χ2v) is 9.16. The molecule has 2 aromatic rings. The van der Waals surface area contributed by atoms with Gasteiger partial charge in [-0.25, -0.2) is 14.8 Å². The quantitative estimate of drug-likeness (QED) is 0.818. The van der Waals surface area contributed by atoms with Gasteiger partial charge >= 0.3 is 6.09 Å². The Morgan fingerprint density at radius 3 is 2.70 bits per heavy atom. The van der Waals surface area contributed by atoms with Gasteiger partial charge in [-0.15, -0.1) is 0 Å². The van der Waals surface area contributed by atoms with Gasteiger partial charge in [-0.2, -0.15) is 5.26 Å². The summed E-state index contributed by atoms with van der Waals surface area (Å²) in [4.78, 5) is 23.4. The van der Waals surface area contributed by atoms with Crippen molar-refractivity contribution < 1.29 is 9.53 Å². The number of alkyl carbamates (subject to hydrolysis) is 1. The molecule has 0 radical (unpaired) electrons. The van der Waals surface area contributed by atoms with E-state index < -0.39 is 5.60 Å². The second-order valence-electron chi connectivity index (χ2n) is 9.16. The maximum Gasteiger partial charge on any atom is 0.408 e. The van der Waals surface area contributed by atoms with Gasteiger partial charge in [0.15, 0.2) is 0 Å². The van der Waals surface area contributed by atoms with E-state index in [2.05, 4.69) is 44.5 Å². The van der Waals surface area contributed by atoms with E-state index in [9.17, 15) is 4.79 Å². The number of nitrogens with one attached hydrogen (secondary N) is 1. The Morgan fingerprint density at radius 1 is 1.27 bits per heavy atom. The zero-order valence-corrected chi connectivity index (χ0v) is 17.7. The van der Waals surface area contributed by atoms with Gasteiger partial charge in [-0.05, 0) is 57.2 Å². The van der Waals surface area contributed by atoms with Crippen LogP contribution in [0.4, 0.5) is 10.7 Å². The molecule has 1 saturated heterocycles. The Balaban J connectivity index is 1.55. The summed E-state index contributed by atoms with van der Waals surface area (Å²) in [6, 6.07) is 11.9. The number of benzene rings is 1. The van der Waals surface area contributed by atoms with E-state index in [0.717, 1.165) is 32.4 Å². The summed E-state index contributed by atoms with van der Waals surface area (Å²) in [5, 5.41) is 12.3. The van der Waals surface area contributed by atoms with Gasteiger partial charge in [0.1, 0.15) is 17.4 Å². The third kappa shape index (κ3) is 3.95. The van der Waals surface area contributed by atoms with Crippen molar-refractivity contribution in [2.45, 2.75) is 51.7 Å². The molecule has 0 unspecified atom stereocenters. The van der Waals surface area contributed by atoms with Crippen LogP contribution >= 0.6 is 0 Å². The first-order valence-corrected chi connectivity index (χ1v) is 10.4. The van der Waals surface area contributed by atoms with Crippen molar-refractivity contribution in [2.75, 3.05) is 18.0 Å². The summed E-state index contributed by atoms with van der Waals surface area (Å²) in [7, 11) is 0. The summed E-state index contributed by atoms with van der Waals surface area (Å²) in [6.07, 6.45) is 3.96. The second kappa shape index (κ2) is 7.60. The van der Waals surface area contributed by atoms with Gasteiger partial charge in [-0.1, -0.05) is 24.3 Å². The lowest BCUT2D eigenvalue weighted by Crippen LogP contribution is -2.48. The van der Waals surface area contributed by atoms with Crippen LogP contribution in [0.5, 0.6) is 0 Å². The molecule has 1 amide bonds. The first-order chi connectivity index (χ1) is 14.3. The van der Waals surface area contributed by atoms with Crippen molar-refractivity contribution in [3.8, 4) is 6.07 Å². The Hall–Kier alpha value is -3.14. The van der Waals surface area contributed by atoms with E-state index in [0.29, 0.717) is 11.6 Å². The number of piperidine rings is 1. The van der Waals surface area contributed by atoms with Gasteiger partial charge in [-0.3, -0.25) is 0 Å². The fraction of sp³-hybridized carbons (Fsp3) is 0.478. The van der Waals surface area contributed by atoms with Gasteiger partial charge in [0.2, 0.25) is 5.95 Å². The summed E-state index contributed by atoms with van der Waals surface area (Å²) < 4.78 is 5.55. The molecule has 156 valence electrons. The molecular formula is C23H27N5O2. The molecule has 1 fully saturated rings. The van der Waals surface area contributed by atoms with Crippen LogP contribution in [0.25, 0.3) is 0 Å². The van der Waals surface area contributed by atoms with Gasteiger partial charge in [0, 0.05) is 24.7 Å². The SMILES string of the molecule is CC(C)(C)OC(=O)N[C@@H]1c2ccccc2CC12CCN(c1nccc(C#N)n1)CC2. The highest BCUT2D eigenvalue weighted by Crippen LogP contribution is 2.52. The lowest BCUT2D eigenvalue weighted by Gasteiger charge is -2.43. The van der Waals surface area contributed by atoms with Crippen LogP contribution in [0, 0.1) is 16.7 Å². The first-order valence-electron chi connectivity index (χ1n) is 10.4. The number of carbonyl (C=O) groups excluding carboxylic acids is 1. The number of hydrogen-bond donors (Lipinski definition) is 1. The van der Waals surface area contributed by atoms with Crippen molar-refractivity contribution in [1.29, 1.82) is 5.26 Å². The van der Waals surface area contributed by atoms with E-state index in [1.54, 1.807) is 12.3 Å². The van der Waals surface area contributed by atoms with Crippen molar-refractivity contribution in [3.05, 3.63) is 53.3 Å². The molecule has 4 rings (SSSR count). The molecule has 1 aliphatic carbocycles. The number of amides is 1. The fourth-order valence-corrected chi connectivity index (χ4v) is 4.62. The minimum atomic E-state index is -0.540. The molecule has 1 aliphatic heterocycles. The standard InChI is InChI=1S/C23H27N5O2/c1-22(2,3)30-21(29)27-19-18-7-5-4-6-16(18)14-23(19)9-12-28(13-10-23)20-25-11-8-17(15-24)26-20/h4-8,11,19H,9-10,12-14H2,1-3H3,(H,27,29)/t19-/m1/s1. The third-order valence-corrected chi connectivity index (χ3v) is 5.98. The predicted molar refractivity (Wildman–Crippen MR) is 113 cm³/mol. The van der Waals surface area contributed by atoms with Crippen molar-refractivity contribution in [2.24, 2.45) is 5.41 Å². The van der Waals surface area contributed by atoms with Crippen LogP contribution in [-0.4, -0.2) is 34.8 Å². The molecule has 0 saturated carbocycles. The maximum absolute atomic E-state index is 12.6. The number of carbonyl (C=O) groups is 1. The Kier molecular flexibility index (Phi) is 5.10. The molecule has 2 aliphatic rings. The van der Waals surface area contributed by atoms with Gasteiger partial charge in [0.25, 0.3) is 0 Å². The van der Waals surface area contributed by atoms with Crippen molar-refractivity contribution in [1.82, 2.24) is 15.3 Å². The molecule has 30 heavy (non-hydrogen) atoms. The van der Waals surface area contributed by atoms with Crippen LogP contribution in [0.15, 0.2) is 36.5 Å². The van der Waals surface area contributed by atoms with E-state index in [4.69, 9.17) is 10.00 Å². The number of aromatic nitrogens is 2. The summed E-state index contributed by atoms with van der Waals surface area (Å²) in [5.41, 5.74) is 2.23. The molecule has 7 nitrogen and oxygen atoms in total. The Bertz CT molecular complexity index is 984. The molecule has 0 bridgehead atoms. The van der Waals surface area contributed by atoms with Crippen LogP contribution in [0.3, 0.4) is 0 Å². The molecule has 1 N–H and O–H groups in total. The number of anilines is 1. The first kappa shape index (κ1) is 20.1. The number of fused-ring (bicyclic) bond motifs is 1. The minimum absolute atomic E-state index is 0.0655. The smallest absolute Gasteiger partial charge is 0.408 e. The highest BCUT2D eigenvalue weighted by molar-refractivity contribution is 5.69. The number of nitrogens with zero attached hydrogens (tertiary/aromatic N) is 4. The largest absolute Gasteiger partial charge is 0.444 e. The van der Waals surface area contributed by atoms with Crippen LogP contribution in [-0.2, 0) is 11.2 Å². The van der Waals surface area contributed by atoms with Crippen LogP contribution in [0.1, 0.15) is 56.5 Å². The lowest BCUT2D eigenvalue weighted by atomic mass is 9.73. The molecule has 1 spiro atoms. The third-order valence-electron chi connectivity index (χ3n) is 5.98. The molecule has 1 aromatic heterocycles. The highest BCUT2D eigenvalue weighted by atomic mass is 16.6. The van der Waals surface area contributed by atoms with Crippen LogP contribution in [0.2, 0.25) is 0 Å². The normalized spacial score (nSPS) is 19.8. The average Bonchev–Trinajstić information content (AvgIpc) is 3.00. The molecule has 2 heterocycles. The molecule has 7 heteroatoms. The number of hydrogen-bond acceptors (Lipinski definition) is 6. The minimum Gasteiger partial charge on any atom is -0.444 e. The van der Waals surface area contributed by atoms with E-state index in [-0.39, 0.29) is 17.6 Å². The van der Waals surface area contributed by atoms with Crippen molar-refractivity contribution >= 4 is 12.0 Å². The molecule has 1 aromatic carbocycles. The molecular weight excluding hydrogens is 378 g/mol. The summed E-state index contributed by atoms with van der Waals surface area (Å²) in [5.74, 6) is 0.594. The van der Waals surface area contributed by atoms with Crippen LogP contribution < -0.4 is 10.2 Å². The lowest BCUT2D eigenvalue weighted by molar-refractivity contribution is 0.0428. The van der Waals surface area contributed by atoms with E-state index in [1.165, 1.54) is 11.1 Å². The summed E-state index contributed by atoms with van der Waals surface area (Å²) >= 11 is 0. The predicted octanol–water partition coefficient (Wildman–Crippen LogP) is 3.76. The zero-order valence-electron chi connectivity index (χ0n) is 17.7. The van der Waals surface area contributed by atoms with E-state index in [1.807, 2.05) is 26.8 Å². The summed E-state index contributed by atoms with van der Waals surface area (Å²) in [6.45, 7) is 7.17. The average molecular weight is 406 g/mol. The van der Waals surface area contributed by atoms with E-state index >= 15 is 0 Å². The number of nitriles is 1. The number of rotatable bonds is 2. The zero-order chi connectivity index (χ0) is 21.4. The fourth-order valence-electron chi connectivity index (χ4n) is 4.62.